The molecule has 0 spiro atoms. The van der Waals surface area contributed by atoms with Crippen LogP contribution in [0.5, 0.6) is 0 Å². The van der Waals surface area contributed by atoms with Crippen LogP contribution < -0.4 is 0 Å². The highest BCUT2D eigenvalue weighted by Crippen LogP contribution is 2.21. The van der Waals surface area contributed by atoms with Gasteiger partial charge < -0.3 is 4.74 Å². The Morgan fingerprint density at radius 1 is 1.73 bits per heavy atom. The molecule has 0 radical (unpaired) electrons. The second-order valence-corrected chi connectivity index (χ2v) is 3.30. The SMILES string of the molecule is CC[C@H]1O[C@@H](CCl)CC=C1C. The molecule has 1 rings (SSSR count). The Kier molecular flexibility index (Phi) is 3.41. The Morgan fingerprint density at radius 3 is 3.00 bits per heavy atom. The smallest absolute Gasteiger partial charge is 0.0784 e. The Morgan fingerprint density at radius 2 is 2.45 bits per heavy atom. The summed E-state index contributed by atoms with van der Waals surface area (Å²) in [5.74, 6) is 0.611. The van der Waals surface area contributed by atoms with E-state index in [0.29, 0.717) is 12.0 Å². The predicted octanol–water partition coefficient (Wildman–Crippen LogP) is 2.74. The van der Waals surface area contributed by atoms with Gasteiger partial charge in [0.1, 0.15) is 0 Å². The summed E-state index contributed by atoms with van der Waals surface area (Å²) < 4.78 is 5.70. The lowest BCUT2D eigenvalue weighted by atomic mass is 10.0. The molecule has 1 aliphatic heterocycles. The van der Waals surface area contributed by atoms with Gasteiger partial charge in [-0.25, -0.2) is 0 Å². The van der Waals surface area contributed by atoms with Crippen molar-refractivity contribution in [2.24, 2.45) is 0 Å². The largest absolute Gasteiger partial charge is 0.369 e. The average Bonchev–Trinajstić information content (AvgIpc) is 2.05. The molecule has 0 unspecified atom stereocenters. The summed E-state index contributed by atoms with van der Waals surface area (Å²) in [6.07, 6.45) is 4.82. The van der Waals surface area contributed by atoms with Crippen molar-refractivity contribution in [3.63, 3.8) is 0 Å². The molecular weight excluding hydrogens is 160 g/mol. The van der Waals surface area contributed by atoms with Crippen molar-refractivity contribution in [1.82, 2.24) is 0 Å². The van der Waals surface area contributed by atoms with E-state index < -0.39 is 0 Å². The number of hydrogen-bond donors (Lipinski definition) is 0. The van der Waals surface area contributed by atoms with Crippen LogP contribution in [0.2, 0.25) is 0 Å². The number of alkyl halides is 1. The van der Waals surface area contributed by atoms with E-state index in [1.54, 1.807) is 0 Å². The highest BCUT2D eigenvalue weighted by Gasteiger charge is 2.19. The maximum Gasteiger partial charge on any atom is 0.0784 e. The van der Waals surface area contributed by atoms with Crippen molar-refractivity contribution < 1.29 is 4.74 Å². The van der Waals surface area contributed by atoms with Crippen LogP contribution in [0.15, 0.2) is 11.6 Å². The van der Waals surface area contributed by atoms with Gasteiger partial charge in [0, 0.05) is 5.88 Å². The van der Waals surface area contributed by atoms with E-state index >= 15 is 0 Å². The first-order chi connectivity index (χ1) is 5.27. The zero-order chi connectivity index (χ0) is 8.27. The minimum Gasteiger partial charge on any atom is -0.369 e. The number of hydrogen-bond acceptors (Lipinski definition) is 1. The van der Waals surface area contributed by atoms with Crippen LogP contribution in [-0.2, 0) is 4.74 Å². The second kappa shape index (κ2) is 4.13. The Hall–Kier alpha value is -0.0100. The highest BCUT2D eigenvalue weighted by molar-refractivity contribution is 6.18. The van der Waals surface area contributed by atoms with Crippen LogP contribution in [-0.4, -0.2) is 18.1 Å². The zero-order valence-electron chi connectivity index (χ0n) is 7.14. The van der Waals surface area contributed by atoms with Crippen molar-refractivity contribution in [3.05, 3.63) is 11.6 Å². The zero-order valence-corrected chi connectivity index (χ0v) is 7.90. The van der Waals surface area contributed by atoms with Crippen LogP contribution in [0.25, 0.3) is 0 Å². The summed E-state index contributed by atoms with van der Waals surface area (Å²) in [6, 6.07) is 0. The van der Waals surface area contributed by atoms with Gasteiger partial charge in [0.2, 0.25) is 0 Å². The monoisotopic (exact) mass is 174 g/mol. The fraction of sp³-hybridized carbons (Fsp3) is 0.778. The van der Waals surface area contributed by atoms with Gasteiger partial charge in [-0.1, -0.05) is 13.0 Å². The molecule has 0 aromatic carbocycles. The van der Waals surface area contributed by atoms with E-state index in [-0.39, 0.29) is 6.10 Å². The van der Waals surface area contributed by atoms with Gasteiger partial charge in [0.25, 0.3) is 0 Å². The van der Waals surface area contributed by atoms with E-state index in [1.165, 1.54) is 5.57 Å². The standard InChI is InChI=1S/C9H15ClO/c1-3-9-7(2)4-5-8(6-10)11-9/h4,8-9H,3,5-6H2,1-2H3/t8-,9-/m1/s1. The van der Waals surface area contributed by atoms with Gasteiger partial charge in [-0.2, -0.15) is 0 Å². The molecule has 0 fully saturated rings. The molecular formula is C9H15ClO. The number of halogens is 1. The molecule has 0 N–H and O–H groups in total. The van der Waals surface area contributed by atoms with E-state index in [1.807, 2.05) is 0 Å². The minimum atomic E-state index is 0.241. The van der Waals surface area contributed by atoms with Crippen molar-refractivity contribution in [3.8, 4) is 0 Å². The molecule has 2 heteroatoms. The summed E-state index contributed by atoms with van der Waals surface area (Å²) >= 11 is 5.70. The quantitative estimate of drug-likeness (QED) is 0.462. The molecule has 0 bridgehead atoms. The molecule has 0 aliphatic carbocycles. The fourth-order valence-electron chi connectivity index (χ4n) is 1.36. The third-order valence-electron chi connectivity index (χ3n) is 2.11. The minimum absolute atomic E-state index is 0.241. The Bertz CT molecular complexity index is 154. The van der Waals surface area contributed by atoms with E-state index in [4.69, 9.17) is 16.3 Å². The van der Waals surface area contributed by atoms with Gasteiger partial charge in [-0.15, -0.1) is 11.6 Å². The maximum absolute atomic E-state index is 5.70. The first-order valence-electron chi connectivity index (χ1n) is 4.16. The Balaban J connectivity index is 2.53. The molecule has 0 aromatic rings. The normalized spacial score (nSPS) is 31.7. The number of rotatable bonds is 2. The molecule has 1 aliphatic rings. The maximum atomic E-state index is 5.70. The summed E-state index contributed by atoms with van der Waals surface area (Å²) in [7, 11) is 0. The fourth-order valence-corrected chi connectivity index (χ4v) is 1.56. The van der Waals surface area contributed by atoms with Crippen LogP contribution in [0.1, 0.15) is 26.7 Å². The van der Waals surface area contributed by atoms with Gasteiger partial charge in [-0.3, -0.25) is 0 Å². The average molecular weight is 175 g/mol. The summed E-state index contributed by atoms with van der Waals surface area (Å²) in [4.78, 5) is 0. The lowest BCUT2D eigenvalue weighted by Gasteiger charge is -2.27. The van der Waals surface area contributed by atoms with Crippen LogP contribution in [0.3, 0.4) is 0 Å². The molecule has 1 nitrogen and oxygen atoms in total. The molecule has 0 amide bonds. The van der Waals surface area contributed by atoms with Crippen molar-refractivity contribution >= 4 is 11.6 Å². The van der Waals surface area contributed by atoms with E-state index in [0.717, 1.165) is 12.8 Å². The highest BCUT2D eigenvalue weighted by atomic mass is 35.5. The lowest BCUT2D eigenvalue weighted by Crippen LogP contribution is -2.27. The van der Waals surface area contributed by atoms with Gasteiger partial charge in [0.05, 0.1) is 12.2 Å². The third-order valence-corrected chi connectivity index (χ3v) is 2.45. The van der Waals surface area contributed by atoms with Gasteiger partial charge in [0.15, 0.2) is 0 Å². The second-order valence-electron chi connectivity index (χ2n) is 2.99. The first-order valence-corrected chi connectivity index (χ1v) is 4.69. The molecule has 64 valence electrons. The first kappa shape index (κ1) is 9.08. The predicted molar refractivity (Wildman–Crippen MR) is 48.0 cm³/mol. The summed E-state index contributed by atoms with van der Waals surface area (Å²) in [6.45, 7) is 4.26. The summed E-state index contributed by atoms with van der Waals surface area (Å²) in [5.41, 5.74) is 1.36. The Labute approximate surface area is 73.4 Å². The van der Waals surface area contributed by atoms with E-state index in [9.17, 15) is 0 Å². The van der Waals surface area contributed by atoms with Crippen LogP contribution in [0, 0.1) is 0 Å². The number of ether oxygens (including phenoxy) is 1. The van der Waals surface area contributed by atoms with Crippen LogP contribution in [0.4, 0.5) is 0 Å². The van der Waals surface area contributed by atoms with Crippen molar-refractivity contribution in [2.45, 2.75) is 38.9 Å². The molecule has 2 atom stereocenters. The molecule has 0 saturated carbocycles. The topological polar surface area (TPSA) is 9.23 Å². The van der Waals surface area contributed by atoms with Crippen LogP contribution >= 0.6 is 11.6 Å². The molecule has 0 saturated heterocycles. The van der Waals surface area contributed by atoms with Gasteiger partial charge >= 0.3 is 0 Å². The molecule has 11 heavy (non-hydrogen) atoms. The van der Waals surface area contributed by atoms with Crippen molar-refractivity contribution in [1.29, 1.82) is 0 Å². The van der Waals surface area contributed by atoms with Gasteiger partial charge in [-0.05, 0) is 25.3 Å². The third kappa shape index (κ3) is 2.21. The van der Waals surface area contributed by atoms with Crippen molar-refractivity contribution in [2.75, 3.05) is 5.88 Å². The lowest BCUT2D eigenvalue weighted by molar-refractivity contribution is 0.0103. The molecule has 0 aromatic heterocycles. The molecule has 1 heterocycles. The summed E-state index contributed by atoms with van der Waals surface area (Å²) in [5, 5.41) is 0. The van der Waals surface area contributed by atoms with E-state index in [2.05, 4.69) is 19.9 Å².